The summed E-state index contributed by atoms with van der Waals surface area (Å²) in [6, 6.07) is 0. The molecule has 4 rings (SSSR count). The fourth-order valence-electron chi connectivity index (χ4n) is 11.0. The highest BCUT2D eigenvalue weighted by Gasteiger charge is 2.67. The van der Waals surface area contributed by atoms with Crippen LogP contribution < -0.4 is 5.43 Å². The molecule has 0 aromatic rings. The maximum atomic E-state index is 14.1. The van der Waals surface area contributed by atoms with E-state index in [1.807, 2.05) is 41.5 Å². The number of carbonyl (C=O) groups is 1. The molecule has 4 aliphatic rings. The van der Waals surface area contributed by atoms with E-state index in [9.17, 15) is 13.9 Å². The lowest BCUT2D eigenvalue weighted by Crippen LogP contribution is -2.59. The standard InChI is InChI=1S/C36H64N4O7P2/c1-25(21-31(3,4)48(42,44-10)45-11)37-39-29-23-36-20-16-27-34(8,28(36)15-19-33(29,7)24-36)17-14-18-35(27,9)30(41)40-38-26(2)22-32(5,6)49(43,46-12)47-13/h27-28H,14-24H2,1-13H3,(H,40,41)/b37-25+,38-26+,39-29+/t27-,28-,33-,34+,35+,36-/m0/s1. The van der Waals surface area contributed by atoms with E-state index in [0.29, 0.717) is 24.5 Å². The van der Waals surface area contributed by atoms with Crippen molar-refractivity contribution in [1.82, 2.24) is 5.43 Å². The fraction of sp³-hybridized carbons (Fsp3) is 0.889. The number of nitrogens with zero attached hydrogens (tertiary/aromatic N) is 3. The normalized spacial score (nSPS) is 35.2. The van der Waals surface area contributed by atoms with Crippen LogP contribution in [-0.4, -0.2) is 61.8 Å². The summed E-state index contributed by atoms with van der Waals surface area (Å²) >= 11 is 0. The van der Waals surface area contributed by atoms with Crippen LogP contribution in [0.4, 0.5) is 0 Å². The Labute approximate surface area is 295 Å². The van der Waals surface area contributed by atoms with Crippen LogP contribution in [0.2, 0.25) is 0 Å². The molecule has 0 aliphatic heterocycles. The van der Waals surface area contributed by atoms with Crippen LogP contribution in [0.5, 0.6) is 0 Å². The molecule has 13 heteroatoms. The van der Waals surface area contributed by atoms with Gasteiger partial charge in [-0.05, 0) is 116 Å². The lowest BCUT2D eigenvalue weighted by atomic mass is 9.40. The summed E-state index contributed by atoms with van der Waals surface area (Å²) in [5.41, 5.74) is 5.29. The average molecular weight is 727 g/mol. The minimum absolute atomic E-state index is 0.0122. The molecular formula is C36H64N4O7P2. The number of carbonyl (C=O) groups excluding carboxylic acids is 1. The summed E-state index contributed by atoms with van der Waals surface area (Å²) < 4.78 is 47.3. The Bertz CT molecular complexity index is 1460. The van der Waals surface area contributed by atoms with Crippen LogP contribution in [0, 0.1) is 33.5 Å². The van der Waals surface area contributed by atoms with Gasteiger partial charge in [-0.3, -0.25) is 13.9 Å². The van der Waals surface area contributed by atoms with Gasteiger partial charge >= 0.3 is 15.2 Å². The van der Waals surface area contributed by atoms with Crippen molar-refractivity contribution in [3.63, 3.8) is 0 Å². The van der Waals surface area contributed by atoms with Gasteiger partial charge in [0.25, 0.3) is 0 Å². The van der Waals surface area contributed by atoms with Crippen molar-refractivity contribution in [2.45, 2.75) is 143 Å². The lowest BCUT2D eigenvalue weighted by Gasteiger charge is -2.64. The maximum Gasteiger partial charge on any atom is 0.336 e. The molecule has 2 bridgehead atoms. The second-order valence-corrected chi connectivity index (χ2v) is 23.5. The van der Waals surface area contributed by atoms with E-state index in [1.165, 1.54) is 34.2 Å². The Morgan fingerprint density at radius 1 is 0.816 bits per heavy atom. The molecule has 0 unspecified atom stereocenters. The predicted molar refractivity (Wildman–Crippen MR) is 198 cm³/mol. The molecule has 0 heterocycles. The van der Waals surface area contributed by atoms with E-state index in [2.05, 4.69) is 31.3 Å². The average Bonchev–Trinajstić information content (AvgIpc) is 3.24. The van der Waals surface area contributed by atoms with Crippen LogP contribution >= 0.6 is 15.2 Å². The van der Waals surface area contributed by atoms with Gasteiger partial charge in [-0.1, -0.05) is 27.2 Å². The molecular weight excluding hydrogens is 662 g/mol. The van der Waals surface area contributed by atoms with E-state index in [0.717, 1.165) is 63.5 Å². The van der Waals surface area contributed by atoms with Crippen LogP contribution in [-0.2, 0) is 32.0 Å². The molecule has 280 valence electrons. The van der Waals surface area contributed by atoms with Crippen LogP contribution in [0.3, 0.4) is 0 Å². The highest BCUT2D eigenvalue weighted by molar-refractivity contribution is 7.55. The molecule has 4 saturated carbocycles. The Morgan fingerprint density at radius 2 is 1.35 bits per heavy atom. The van der Waals surface area contributed by atoms with Crippen molar-refractivity contribution in [3.05, 3.63) is 0 Å². The third-order valence-electron chi connectivity index (χ3n) is 13.4. The Hall–Kier alpha value is -1.22. The van der Waals surface area contributed by atoms with Gasteiger partial charge in [0, 0.05) is 63.8 Å². The molecule has 0 aromatic heterocycles. The van der Waals surface area contributed by atoms with E-state index in [-0.39, 0.29) is 28.1 Å². The van der Waals surface area contributed by atoms with Gasteiger partial charge in [-0.2, -0.15) is 15.3 Å². The fourth-order valence-corrected chi connectivity index (χ4v) is 14.2. The van der Waals surface area contributed by atoms with Gasteiger partial charge in [0.1, 0.15) is 0 Å². The van der Waals surface area contributed by atoms with E-state index >= 15 is 0 Å². The van der Waals surface area contributed by atoms with Gasteiger partial charge in [0.2, 0.25) is 5.91 Å². The molecule has 0 radical (unpaired) electrons. The Morgan fingerprint density at radius 3 is 1.90 bits per heavy atom. The van der Waals surface area contributed by atoms with Crippen LogP contribution in [0.1, 0.15) is 133 Å². The predicted octanol–water partition coefficient (Wildman–Crippen LogP) is 9.41. The summed E-state index contributed by atoms with van der Waals surface area (Å²) in [7, 11) is -0.988. The lowest BCUT2D eigenvalue weighted by molar-refractivity contribution is -0.170. The maximum absolute atomic E-state index is 14.1. The topological polar surface area (TPSA) is 137 Å². The molecule has 4 aliphatic carbocycles. The first kappa shape index (κ1) is 40.5. The van der Waals surface area contributed by atoms with Crippen molar-refractivity contribution in [2.24, 2.45) is 48.8 Å². The molecule has 4 fully saturated rings. The van der Waals surface area contributed by atoms with Crippen molar-refractivity contribution < 1.29 is 32.0 Å². The second-order valence-electron chi connectivity index (χ2n) is 17.6. The van der Waals surface area contributed by atoms with Gasteiger partial charge in [0.05, 0.1) is 15.7 Å². The van der Waals surface area contributed by atoms with Crippen molar-refractivity contribution in [2.75, 3.05) is 28.4 Å². The summed E-state index contributed by atoms with van der Waals surface area (Å²) in [5.74, 6) is 0.740. The van der Waals surface area contributed by atoms with Gasteiger partial charge < -0.3 is 18.1 Å². The van der Waals surface area contributed by atoms with Crippen LogP contribution in [0.25, 0.3) is 0 Å². The summed E-state index contributed by atoms with van der Waals surface area (Å²) in [5, 5.41) is 12.6. The number of rotatable bonds is 13. The molecule has 6 atom stereocenters. The highest BCUT2D eigenvalue weighted by atomic mass is 31.2. The Balaban J connectivity index is 1.53. The molecule has 1 amide bonds. The number of nitrogens with one attached hydrogen (secondary N) is 1. The second kappa shape index (κ2) is 14.0. The third kappa shape index (κ3) is 7.00. The summed E-state index contributed by atoms with van der Waals surface area (Å²) in [6.45, 7) is 18.2. The summed E-state index contributed by atoms with van der Waals surface area (Å²) in [6.07, 6.45) is 10.1. The molecule has 11 nitrogen and oxygen atoms in total. The SMILES string of the molecule is COP(=O)(OC)C(C)(C)C/C(C)=N/N=C1\C[C@]23CC[C@H]4[C@@](C)(CCC[C@@]4(C)C(=O)N/N=C(\C)CC(C)(C)P(=O)(OC)OC)[C@@H]2CC[C@@]1(C)C3. The van der Waals surface area contributed by atoms with Crippen LogP contribution in [0.15, 0.2) is 15.3 Å². The largest absolute Gasteiger partial charge is 0.336 e. The summed E-state index contributed by atoms with van der Waals surface area (Å²) in [4.78, 5) is 14.1. The minimum Gasteiger partial charge on any atom is -0.312 e. The van der Waals surface area contributed by atoms with E-state index in [1.54, 1.807) is 0 Å². The van der Waals surface area contributed by atoms with Crippen molar-refractivity contribution in [3.8, 4) is 0 Å². The smallest absolute Gasteiger partial charge is 0.312 e. The van der Waals surface area contributed by atoms with Gasteiger partial charge in [0.15, 0.2) is 0 Å². The number of hydrogen-bond donors (Lipinski definition) is 1. The molecule has 1 N–H and O–H groups in total. The number of amides is 1. The minimum atomic E-state index is -3.34. The first-order valence-corrected chi connectivity index (χ1v) is 21.0. The number of hydrogen-bond acceptors (Lipinski definition) is 10. The van der Waals surface area contributed by atoms with E-state index < -0.39 is 30.9 Å². The first-order valence-electron chi connectivity index (χ1n) is 17.9. The number of fused-ring (bicyclic) bond motifs is 3. The molecule has 0 saturated heterocycles. The zero-order chi connectivity index (χ0) is 36.9. The van der Waals surface area contributed by atoms with Crippen molar-refractivity contribution in [1.29, 1.82) is 0 Å². The highest BCUT2D eigenvalue weighted by Crippen LogP contribution is 2.73. The zero-order valence-corrected chi connectivity index (χ0v) is 34.3. The van der Waals surface area contributed by atoms with E-state index in [4.69, 9.17) is 28.3 Å². The first-order chi connectivity index (χ1) is 22.6. The monoisotopic (exact) mass is 726 g/mol. The quantitative estimate of drug-likeness (QED) is 0.113. The van der Waals surface area contributed by atoms with Gasteiger partial charge in [-0.15, -0.1) is 0 Å². The Kier molecular flexibility index (Phi) is 11.6. The number of hydrazone groups is 1. The molecule has 0 aromatic carbocycles. The third-order valence-corrected chi connectivity index (χ3v) is 18.6. The zero-order valence-electron chi connectivity index (χ0n) is 32.5. The van der Waals surface area contributed by atoms with Crippen molar-refractivity contribution >= 4 is 38.2 Å². The molecule has 49 heavy (non-hydrogen) atoms. The molecule has 1 spiro atoms. The van der Waals surface area contributed by atoms with Gasteiger partial charge in [-0.25, -0.2) is 5.43 Å².